The van der Waals surface area contributed by atoms with Gasteiger partial charge >= 0.3 is 0 Å². The molecule has 4 aromatic carbocycles. The predicted molar refractivity (Wildman–Crippen MR) is 143 cm³/mol. The molecule has 0 atom stereocenters. The van der Waals surface area contributed by atoms with Crippen LogP contribution in [0, 0.1) is 35.1 Å². The molecule has 1 aliphatic rings. The van der Waals surface area contributed by atoms with Crippen molar-refractivity contribution in [2.45, 2.75) is 27.7 Å². The second-order valence-corrected chi connectivity index (χ2v) is 8.49. The molecule has 0 unspecified atom stereocenters. The summed E-state index contributed by atoms with van der Waals surface area (Å²) in [7, 11) is 0. The maximum Gasteiger partial charge on any atom is 0.0978 e. The van der Waals surface area contributed by atoms with Crippen LogP contribution in [0.15, 0.2) is 94.9 Å². The molecule has 2 nitrogen and oxygen atoms in total. The van der Waals surface area contributed by atoms with E-state index in [4.69, 9.17) is 9.98 Å². The Balaban J connectivity index is 0.00000162. The topological polar surface area (TPSA) is 24.7 Å². The minimum atomic E-state index is 0. The van der Waals surface area contributed by atoms with Gasteiger partial charge in [0.05, 0.1) is 22.8 Å². The van der Waals surface area contributed by atoms with E-state index in [0.29, 0.717) is 0 Å². The molecular formula is C31H29N2Pd-. The van der Waals surface area contributed by atoms with Crippen molar-refractivity contribution >= 4 is 22.8 Å². The average Bonchev–Trinajstić information content (AvgIpc) is 2.80. The van der Waals surface area contributed by atoms with E-state index < -0.39 is 0 Å². The number of rotatable bonds is 2. The molecule has 4 aromatic rings. The molecule has 174 valence electrons. The molecule has 0 N–H and O–H groups in total. The Morgan fingerprint density at radius 3 is 1.03 bits per heavy atom. The smallest absolute Gasteiger partial charge is 0.0978 e. The summed E-state index contributed by atoms with van der Waals surface area (Å²) >= 11 is 0. The first-order valence-electron chi connectivity index (χ1n) is 11.0. The van der Waals surface area contributed by atoms with Crippen molar-refractivity contribution in [3.05, 3.63) is 126 Å². The van der Waals surface area contributed by atoms with Crippen molar-refractivity contribution in [3.63, 3.8) is 0 Å². The van der Waals surface area contributed by atoms with E-state index in [9.17, 15) is 0 Å². The number of hydrogen-bond acceptors (Lipinski definition) is 2. The van der Waals surface area contributed by atoms with E-state index in [1.54, 1.807) is 0 Å². The van der Waals surface area contributed by atoms with Gasteiger partial charge in [0.2, 0.25) is 0 Å². The standard InChI is InChI=1S/C30H26N2.CH3.Pd/c1-19-11-9-12-20(2)27(19)31-29-25-17-7-5-15-23(25)24-16-6-8-18-26(24)30(29)32-28-21(3)13-10-14-22(28)4;;/h5-18H,1-4H3;1H3;/q;-1;. The fourth-order valence-electron chi connectivity index (χ4n) is 4.52. The first kappa shape index (κ1) is 25.5. The summed E-state index contributed by atoms with van der Waals surface area (Å²) in [4.78, 5) is 10.6. The van der Waals surface area contributed by atoms with Crippen LogP contribution in [0.25, 0.3) is 11.1 Å². The van der Waals surface area contributed by atoms with Gasteiger partial charge in [-0.1, -0.05) is 84.9 Å². The Morgan fingerprint density at radius 2 is 0.706 bits per heavy atom. The molecule has 0 amide bonds. The van der Waals surface area contributed by atoms with Gasteiger partial charge in [-0.25, -0.2) is 9.98 Å². The van der Waals surface area contributed by atoms with E-state index in [1.807, 2.05) is 0 Å². The monoisotopic (exact) mass is 535 g/mol. The first-order valence-corrected chi connectivity index (χ1v) is 11.0. The number of aliphatic imine (C=N–C) groups is 2. The van der Waals surface area contributed by atoms with Crippen LogP contribution >= 0.6 is 0 Å². The Bertz CT molecular complexity index is 1260. The molecule has 1 aliphatic carbocycles. The number of benzene rings is 4. The van der Waals surface area contributed by atoms with Gasteiger partial charge in [0.1, 0.15) is 0 Å². The molecule has 0 heterocycles. The van der Waals surface area contributed by atoms with Gasteiger partial charge in [0, 0.05) is 31.5 Å². The van der Waals surface area contributed by atoms with E-state index in [-0.39, 0.29) is 27.8 Å². The van der Waals surface area contributed by atoms with E-state index >= 15 is 0 Å². The maximum atomic E-state index is 5.28. The number of nitrogens with zero attached hydrogens (tertiary/aromatic N) is 2. The molecule has 0 spiro atoms. The number of hydrogen-bond donors (Lipinski definition) is 0. The van der Waals surface area contributed by atoms with Crippen LogP contribution in [0.3, 0.4) is 0 Å². The Labute approximate surface area is 217 Å². The molecular weight excluding hydrogens is 507 g/mol. The zero-order valence-electron chi connectivity index (χ0n) is 20.3. The molecule has 34 heavy (non-hydrogen) atoms. The van der Waals surface area contributed by atoms with Gasteiger partial charge in [-0.05, 0) is 61.1 Å². The van der Waals surface area contributed by atoms with E-state index in [1.165, 1.54) is 33.4 Å². The zero-order valence-corrected chi connectivity index (χ0v) is 21.8. The fourth-order valence-corrected chi connectivity index (χ4v) is 4.52. The van der Waals surface area contributed by atoms with Gasteiger partial charge < -0.3 is 7.43 Å². The predicted octanol–water partition coefficient (Wildman–Crippen LogP) is 8.29. The third-order valence-corrected chi connectivity index (χ3v) is 6.21. The van der Waals surface area contributed by atoms with Crippen molar-refractivity contribution in [3.8, 4) is 11.1 Å². The number of aryl methyl sites for hydroxylation is 4. The van der Waals surface area contributed by atoms with Crippen molar-refractivity contribution in [1.29, 1.82) is 0 Å². The van der Waals surface area contributed by atoms with Gasteiger partial charge in [0.25, 0.3) is 0 Å². The Morgan fingerprint density at radius 1 is 0.412 bits per heavy atom. The SMILES string of the molecule is Cc1cccc(C)c1N=C1C(=Nc2c(C)cccc2C)c2ccccc2-c2ccccc21.[CH3-].[Pd]. The summed E-state index contributed by atoms with van der Waals surface area (Å²) in [5, 5.41) is 0. The van der Waals surface area contributed by atoms with Gasteiger partial charge in [0.15, 0.2) is 0 Å². The van der Waals surface area contributed by atoms with Crippen LogP contribution in [0.1, 0.15) is 33.4 Å². The third kappa shape index (κ3) is 4.47. The quantitative estimate of drug-likeness (QED) is 0.182. The minimum Gasteiger partial charge on any atom is -0.358 e. The van der Waals surface area contributed by atoms with Crippen LogP contribution in [-0.4, -0.2) is 11.4 Å². The molecule has 0 saturated heterocycles. The summed E-state index contributed by atoms with van der Waals surface area (Å²) in [6.07, 6.45) is 0. The second-order valence-electron chi connectivity index (χ2n) is 8.49. The van der Waals surface area contributed by atoms with Crippen molar-refractivity contribution in [2.75, 3.05) is 0 Å². The normalized spacial score (nSPS) is 14.1. The molecule has 0 aliphatic heterocycles. The van der Waals surface area contributed by atoms with Crippen molar-refractivity contribution in [1.82, 2.24) is 0 Å². The third-order valence-electron chi connectivity index (χ3n) is 6.21. The molecule has 5 rings (SSSR count). The summed E-state index contributed by atoms with van der Waals surface area (Å²) in [5.41, 5.74) is 13.2. The number of para-hydroxylation sites is 2. The molecule has 0 radical (unpaired) electrons. The Hall–Kier alpha value is -3.12. The van der Waals surface area contributed by atoms with Gasteiger partial charge in [-0.2, -0.15) is 0 Å². The zero-order chi connectivity index (χ0) is 22.2. The second kappa shape index (κ2) is 10.4. The largest absolute Gasteiger partial charge is 0.358 e. The van der Waals surface area contributed by atoms with E-state index in [0.717, 1.165) is 33.9 Å². The summed E-state index contributed by atoms with van der Waals surface area (Å²) < 4.78 is 0. The summed E-state index contributed by atoms with van der Waals surface area (Å²) in [6, 6.07) is 29.7. The van der Waals surface area contributed by atoms with Gasteiger partial charge in [-0.3, -0.25) is 0 Å². The molecule has 0 aromatic heterocycles. The van der Waals surface area contributed by atoms with E-state index in [2.05, 4.69) is 113 Å². The van der Waals surface area contributed by atoms with Crippen LogP contribution < -0.4 is 0 Å². The van der Waals surface area contributed by atoms with Crippen LogP contribution in [0.4, 0.5) is 11.4 Å². The van der Waals surface area contributed by atoms with Crippen molar-refractivity contribution < 1.29 is 20.4 Å². The molecule has 0 saturated carbocycles. The molecule has 0 fully saturated rings. The first-order chi connectivity index (χ1) is 15.5. The maximum absolute atomic E-state index is 5.28. The average molecular weight is 536 g/mol. The van der Waals surface area contributed by atoms with Crippen molar-refractivity contribution in [2.24, 2.45) is 9.98 Å². The minimum absolute atomic E-state index is 0. The van der Waals surface area contributed by atoms with Gasteiger partial charge in [-0.15, -0.1) is 0 Å². The fraction of sp³-hybridized carbons (Fsp3) is 0.129. The van der Waals surface area contributed by atoms with Crippen LogP contribution in [-0.2, 0) is 20.4 Å². The Kier molecular flexibility index (Phi) is 7.83. The molecule has 3 heteroatoms. The summed E-state index contributed by atoms with van der Waals surface area (Å²) in [6.45, 7) is 8.49. The summed E-state index contributed by atoms with van der Waals surface area (Å²) in [5.74, 6) is 0. The number of fused-ring (bicyclic) bond motifs is 3. The molecule has 0 bridgehead atoms. The van der Waals surface area contributed by atoms with Crippen LogP contribution in [0.5, 0.6) is 0 Å². The van der Waals surface area contributed by atoms with Crippen LogP contribution in [0.2, 0.25) is 0 Å².